The smallest absolute Gasteiger partial charge is 0.111 e. The van der Waals surface area contributed by atoms with Crippen molar-refractivity contribution in [3.8, 4) is 0 Å². The fraction of sp³-hybridized carbons (Fsp3) is 1.00. The summed E-state index contributed by atoms with van der Waals surface area (Å²) in [5.74, 6) is 0. The van der Waals surface area contributed by atoms with Crippen LogP contribution in [-0.2, 0) is 14.2 Å². The van der Waals surface area contributed by atoms with Crippen molar-refractivity contribution in [1.29, 1.82) is 0 Å². The first kappa shape index (κ1) is 10.9. The fourth-order valence-corrected chi connectivity index (χ4v) is 1.38. The van der Waals surface area contributed by atoms with Gasteiger partial charge in [0.1, 0.15) is 18.3 Å². The van der Waals surface area contributed by atoms with E-state index in [1.165, 1.54) is 0 Å². The number of hydrogen-bond donors (Lipinski definition) is 1. The van der Waals surface area contributed by atoms with Crippen LogP contribution < -0.4 is 0 Å². The fourth-order valence-electron chi connectivity index (χ4n) is 1.38. The van der Waals surface area contributed by atoms with Crippen LogP contribution in [0.1, 0.15) is 13.3 Å². The van der Waals surface area contributed by atoms with E-state index in [0.29, 0.717) is 19.8 Å². The summed E-state index contributed by atoms with van der Waals surface area (Å²) < 4.78 is 15.6. The third-order valence-corrected chi connectivity index (χ3v) is 2.10. The first-order chi connectivity index (χ1) is 6.29. The van der Waals surface area contributed by atoms with Crippen LogP contribution in [0.2, 0.25) is 0 Å². The molecule has 1 fully saturated rings. The molecule has 3 atom stereocenters. The quantitative estimate of drug-likeness (QED) is 0.672. The molecular formula is C9H18O4. The van der Waals surface area contributed by atoms with E-state index in [0.717, 1.165) is 6.42 Å². The number of aliphatic hydroxyl groups is 1. The number of methoxy groups -OCH3 is 1. The second-order valence-electron chi connectivity index (χ2n) is 3.23. The van der Waals surface area contributed by atoms with Gasteiger partial charge in [-0.1, -0.05) is 6.92 Å². The van der Waals surface area contributed by atoms with Crippen molar-refractivity contribution in [2.45, 2.75) is 31.7 Å². The van der Waals surface area contributed by atoms with Crippen LogP contribution in [0.25, 0.3) is 0 Å². The molecule has 0 bridgehead atoms. The summed E-state index contributed by atoms with van der Waals surface area (Å²) in [4.78, 5) is 0. The highest BCUT2D eigenvalue weighted by Gasteiger charge is 2.36. The Labute approximate surface area is 78.8 Å². The first-order valence-electron chi connectivity index (χ1n) is 4.69. The molecule has 0 amide bonds. The van der Waals surface area contributed by atoms with Gasteiger partial charge in [0.05, 0.1) is 13.2 Å². The molecule has 0 aromatic heterocycles. The normalized spacial score (nSPS) is 33.9. The van der Waals surface area contributed by atoms with E-state index < -0.39 is 6.10 Å². The first-order valence-corrected chi connectivity index (χ1v) is 4.69. The summed E-state index contributed by atoms with van der Waals surface area (Å²) in [5, 5.41) is 9.68. The zero-order valence-electron chi connectivity index (χ0n) is 8.23. The van der Waals surface area contributed by atoms with Gasteiger partial charge in [0, 0.05) is 13.7 Å². The third kappa shape index (κ3) is 2.91. The Morgan fingerprint density at radius 1 is 1.54 bits per heavy atom. The highest BCUT2D eigenvalue weighted by atomic mass is 16.6. The van der Waals surface area contributed by atoms with Gasteiger partial charge in [-0.15, -0.1) is 0 Å². The second kappa shape index (κ2) is 5.54. The highest BCUT2D eigenvalue weighted by molar-refractivity contribution is 4.84. The van der Waals surface area contributed by atoms with Gasteiger partial charge in [-0.2, -0.15) is 0 Å². The van der Waals surface area contributed by atoms with Gasteiger partial charge in [0.15, 0.2) is 0 Å². The van der Waals surface area contributed by atoms with Gasteiger partial charge in [-0.05, 0) is 6.42 Å². The molecule has 13 heavy (non-hydrogen) atoms. The maximum atomic E-state index is 9.68. The summed E-state index contributed by atoms with van der Waals surface area (Å²) in [6.07, 6.45) is -0.00325. The van der Waals surface area contributed by atoms with Crippen LogP contribution in [0.3, 0.4) is 0 Å². The Morgan fingerprint density at radius 2 is 2.31 bits per heavy atom. The summed E-state index contributed by atoms with van der Waals surface area (Å²) >= 11 is 0. The van der Waals surface area contributed by atoms with Gasteiger partial charge in [-0.25, -0.2) is 0 Å². The second-order valence-corrected chi connectivity index (χ2v) is 3.23. The van der Waals surface area contributed by atoms with Crippen molar-refractivity contribution in [3.63, 3.8) is 0 Å². The van der Waals surface area contributed by atoms with E-state index in [-0.39, 0.29) is 12.2 Å². The summed E-state index contributed by atoms with van der Waals surface area (Å²) in [5.41, 5.74) is 0. The molecular weight excluding hydrogens is 172 g/mol. The molecule has 1 N–H and O–H groups in total. The van der Waals surface area contributed by atoms with E-state index >= 15 is 0 Å². The van der Waals surface area contributed by atoms with Crippen molar-refractivity contribution in [2.75, 3.05) is 26.9 Å². The Kier molecular flexibility index (Phi) is 4.66. The van der Waals surface area contributed by atoms with E-state index in [4.69, 9.17) is 14.2 Å². The summed E-state index contributed by atoms with van der Waals surface area (Å²) in [7, 11) is 1.59. The maximum absolute atomic E-state index is 9.68. The van der Waals surface area contributed by atoms with Crippen LogP contribution in [0.5, 0.6) is 0 Å². The summed E-state index contributed by atoms with van der Waals surface area (Å²) in [6.45, 7) is 3.60. The predicted octanol–water partition coefficient (Wildman–Crippen LogP) is 0.188. The van der Waals surface area contributed by atoms with Gasteiger partial charge in [-0.3, -0.25) is 0 Å². The molecule has 1 aliphatic rings. The molecule has 0 spiro atoms. The van der Waals surface area contributed by atoms with Gasteiger partial charge in [0.2, 0.25) is 0 Å². The lowest BCUT2D eigenvalue weighted by molar-refractivity contribution is -0.0336. The number of hydrogen-bond acceptors (Lipinski definition) is 4. The molecule has 4 nitrogen and oxygen atoms in total. The van der Waals surface area contributed by atoms with Crippen LogP contribution in [0, 0.1) is 0 Å². The lowest BCUT2D eigenvalue weighted by Gasteiger charge is -2.16. The standard InChI is InChI=1S/C9H18O4/c1-3-4-12-8-6-13-7(5-11-2)9(8)10/h7-10H,3-6H2,1-2H3/t7-,8?,9-/m1/s1. The van der Waals surface area contributed by atoms with Gasteiger partial charge >= 0.3 is 0 Å². The average molecular weight is 190 g/mol. The molecule has 4 heteroatoms. The lowest BCUT2D eigenvalue weighted by Crippen LogP contribution is -2.34. The van der Waals surface area contributed by atoms with Gasteiger partial charge < -0.3 is 19.3 Å². The molecule has 0 radical (unpaired) electrons. The molecule has 1 saturated heterocycles. The monoisotopic (exact) mass is 190 g/mol. The average Bonchev–Trinajstić information content (AvgIpc) is 2.46. The summed E-state index contributed by atoms with van der Waals surface area (Å²) in [6, 6.07) is 0. The Hall–Kier alpha value is -0.160. The maximum Gasteiger partial charge on any atom is 0.111 e. The van der Waals surface area contributed by atoms with Crippen LogP contribution in [-0.4, -0.2) is 50.3 Å². The zero-order valence-corrected chi connectivity index (χ0v) is 8.23. The molecule has 1 aliphatic heterocycles. The van der Waals surface area contributed by atoms with Crippen molar-refractivity contribution in [3.05, 3.63) is 0 Å². The predicted molar refractivity (Wildman–Crippen MR) is 47.7 cm³/mol. The third-order valence-electron chi connectivity index (χ3n) is 2.10. The minimum Gasteiger partial charge on any atom is -0.388 e. The van der Waals surface area contributed by atoms with Crippen molar-refractivity contribution in [1.82, 2.24) is 0 Å². The largest absolute Gasteiger partial charge is 0.388 e. The zero-order chi connectivity index (χ0) is 9.68. The van der Waals surface area contributed by atoms with E-state index in [9.17, 15) is 5.11 Å². The SMILES string of the molecule is CCCOC1CO[C@H](COC)[C@H]1O. The minimum absolute atomic E-state index is 0.180. The molecule has 78 valence electrons. The van der Waals surface area contributed by atoms with E-state index in [1.54, 1.807) is 7.11 Å². The molecule has 0 saturated carbocycles. The lowest BCUT2D eigenvalue weighted by atomic mass is 10.1. The Morgan fingerprint density at radius 3 is 2.92 bits per heavy atom. The van der Waals surface area contributed by atoms with Crippen LogP contribution in [0.15, 0.2) is 0 Å². The molecule has 0 aliphatic carbocycles. The van der Waals surface area contributed by atoms with Crippen LogP contribution >= 0.6 is 0 Å². The topological polar surface area (TPSA) is 47.9 Å². The number of rotatable bonds is 5. The molecule has 0 aromatic carbocycles. The minimum atomic E-state index is -0.550. The van der Waals surface area contributed by atoms with E-state index in [2.05, 4.69) is 0 Å². The Balaban J connectivity index is 2.27. The molecule has 1 unspecified atom stereocenters. The number of ether oxygens (including phenoxy) is 3. The van der Waals surface area contributed by atoms with Gasteiger partial charge in [0.25, 0.3) is 0 Å². The highest BCUT2D eigenvalue weighted by Crippen LogP contribution is 2.17. The van der Waals surface area contributed by atoms with E-state index in [1.807, 2.05) is 6.92 Å². The van der Waals surface area contributed by atoms with Crippen molar-refractivity contribution in [2.24, 2.45) is 0 Å². The Bertz CT molecular complexity index is 140. The molecule has 0 aromatic rings. The molecule has 1 rings (SSSR count). The molecule has 1 heterocycles. The van der Waals surface area contributed by atoms with Crippen molar-refractivity contribution >= 4 is 0 Å². The van der Waals surface area contributed by atoms with Crippen molar-refractivity contribution < 1.29 is 19.3 Å². The number of aliphatic hydroxyl groups excluding tert-OH is 1. The van der Waals surface area contributed by atoms with Crippen LogP contribution in [0.4, 0.5) is 0 Å².